The van der Waals surface area contributed by atoms with E-state index in [1.165, 1.54) is 12.8 Å². The highest BCUT2D eigenvalue weighted by molar-refractivity contribution is 5.34. The van der Waals surface area contributed by atoms with Crippen LogP contribution >= 0.6 is 0 Å². The van der Waals surface area contributed by atoms with E-state index in [0.717, 1.165) is 18.3 Å². The second-order valence-electron chi connectivity index (χ2n) is 4.28. The molecule has 3 saturated carbocycles. The van der Waals surface area contributed by atoms with E-state index in [4.69, 9.17) is 0 Å². The van der Waals surface area contributed by atoms with Gasteiger partial charge in [-0.25, -0.2) is 0 Å². The molecule has 0 saturated heterocycles. The lowest BCUT2D eigenvalue weighted by Crippen LogP contribution is -2.04. The van der Waals surface area contributed by atoms with Crippen molar-refractivity contribution in [3.63, 3.8) is 0 Å². The maximum absolute atomic E-state index is 9.60. The molecule has 9 heavy (non-hydrogen) atoms. The minimum atomic E-state index is -0.237. The fraction of sp³-hybridized carbons (Fsp3) is 1.00. The first-order chi connectivity index (χ1) is 4.18. The Morgan fingerprint density at radius 1 is 1.33 bits per heavy atom. The molecule has 3 unspecified atom stereocenters. The molecule has 1 spiro atoms. The van der Waals surface area contributed by atoms with Crippen LogP contribution in [-0.4, -0.2) is 10.7 Å². The van der Waals surface area contributed by atoms with Crippen LogP contribution in [0, 0.1) is 17.3 Å². The van der Waals surface area contributed by atoms with Crippen LogP contribution in [0.1, 0.15) is 26.2 Å². The van der Waals surface area contributed by atoms with Gasteiger partial charge in [0.15, 0.2) is 0 Å². The quantitative estimate of drug-likeness (QED) is 0.514. The summed E-state index contributed by atoms with van der Waals surface area (Å²) in [5.41, 5.74) is 0.242. The summed E-state index contributed by atoms with van der Waals surface area (Å²) in [5, 5.41) is 9.60. The summed E-state index contributed by atoms with van der Waals surface area (Å²) >= 11 is 0. The van der Waals surface area contributed by atoms with Gasteiger partial charge in [-0.05, 0) is 38.0 Å². The van der Waals surface area contributed by atoms with Gasteiger partial charge in [-0.3, -0.25) is 0 Å². The van der Waals surface area contributed by atoms with E-state index in [1.54, 1.807) is 0 Å². The zero-order chi connectivity index (χ0) is 6.28. The monoisotopic (exact) mass is 124 g/mol. The number of rotatable bonds is 0. The van der Waals surface area contributed by atoms with Crippen molar-refractivity contribution in [2.24, 2.45) is 17.3 Å². The molecule has 0 aliphatic heterocycles. The van der Waals surface area contributed by atoms with Crippen molar-refractivity contribution in [2.45, 2.75) is 31.8 Å². The lowest BCUT2D eigenvalue weighted by molar-refractivity contribution is 0.142. The molecule has 0 aromatic heterocycles. The third kappa shape index (κ3) is 0.277. The molecule has 0 aromatic rings. The Morgan fingerprint density at radius 2 is 1.78 bits per heavy atom. The summed E-state index contributed by atoms with van der Waals surface area (Å²) in [6, 6.07) is 0. The van der Waals surface area contributed by atoms with E-state index in [1.807, 2.05) is 6.92 Å². The molecule has 3 fully saturated rings. The van der Waals surface area contributed by atoms with Crippen LogP contribution in [-0.2, 0) is 0 Å². The minimum absolute atomic E-state index is 0.237. The van der Waals surface area contributed by atoms with Gasteiger partial charge in [0, 0.05) is 5.41 Å². The molecule has 0 heterocycles. The summed E-state index contributed by atoms with van der Waals surface area (Å²) in [7, 11) is 0. The van der Waals surface area contributed by atoms with Crippen molar-refractivity contribution in [2.75, 3.05) is 0 Å². The molecule has 3 atom stereocenters. The van der Waals surface area contributed by atoms with Crippen LogP contribution in [0.15, 0.2) is 0 Å². The lowest BCUT2D eigenvalue weighted by atomic mass is 10.0. The molecular formula is C8H12O. The van der Waals surface area contributed by atoms with Gasteiger partial charge in [-0.2, -0.15) is 0 Å². The summed E-state index contributed by atoms with van der Waals surface area (Å²) in [6.45, 7) is 2.01. The molecule has 0 aromatic carbocycles. The Morgan fingerprint density at radius 3 is 1.89 bits per heavy atom. The Bertz CT molecular complexity index is 173. The summed E-state index contributed by atoms with van der Waals surface area (Å²) in [6.07, 6.45) is 3.91. The average Bonchev–Trinajstić information content (AvgIpc) is 2.14. The molecule has 50 valence electrons. The number of hydrogen-bond donors (Lipinski definition) is 1. The van der Waals surface area contributed by atoms with Crippen molar-refractivity contribution < 1.29 is 5.11 Å². The van der Waals surface area contributed by atoms with Crippen molar-refractivity contribution in [1.82, 2.24) is 0 Å². The third-order valence-corrected chi connectivity index (χ3v) is 4.00. The van der Waals surface area contributed by atoms with E-state index in [9.17, 15) is 5.11 Å². The molecule has 3 aliphatic rings. The van der Waals surface area contributed by atoms with Crippen molar-refractivity contribution in [3.05, 3.63) is 0 Å². The predicted molar refractivity (Wildman–Crippen MR) is 33.9 cm³/mol. The van der Waals surface area contributed by atoms with E-state index in [-0.39, 0.29) is 5.60 Å². The molecule has 3 aliphatic carbocycles. The van der Waals surface area contributed by atoms with Crippen LogP contribution in [0.5, 0.6) is 0 Å². The number of aliphatic hydroxyl groups is 1. The average molecular weight is 124 g/mol. The topological polar surface area (TPSA) is 20.2 Å². The molecule has 3 rings (SSSR count). The first-order valence-corrected chi connectivity index (χ1v) is 3.91. The zero-order valence-corrected chi connectivity index (χ0v) is 5.72. The highest BCUT2D eigenvalue weighted by atomic mass is 16.3. The largest absolute Gasteiger partial charge is 0.390 e. The third-order valence-electron chi connectivity index (χ3n) is 4.00. The van der Waals surface area contributed by atoms with Gasteiger partial charge in [0.1, 0.15) is 0 Å². The van der Waals surface area contributed by atoms with E-state index >= 15 is 0 Å². The molecule has 1 N–H and O–H groups in total. The summed E-state index contributed by atoms with van der Waals surface area (Å²) in [4.78, 5) is 0. The minimum Gasteiger partial charge on any atom is -0.390 e. The Balaban J connectivity index is 1.96. The normalized spacial score (nSPS) is 75.3. The first-order valence-electron chi connectivity index (χ1n) is 3.91. The fourth-order valence-electron chi connectivity index (χ4n) is 3.21. The number of fused-ring (bicyclic) bond motifs is 3. The van der Waals surface area contributed by atoms with Crippen molar-refractivity contribution in [1.29, 1.82) is 0 Å². The molecule has 0 amide bonds. The van der Waals surface area contributed by atoms with Gasteiger partial charge in [-0.15, -0.1) is 0 Å². The summed E-state index contributed by atoms with van der Waals surface area (Å²) in [5.74, 6) is 1.90. The van der Waals surface area contributed by atoms with Gasteiger partial charge in [0.25, 0.3) is 0 Å². The van der Waals surface area contributed by atoms with Crippen molar-refractivity contribution >= 4 is 0 Å². The maximum atomic E-state index is 9.60. The molecule has 0 radical (unpaired) electrons. The van der Waals surface area contributed by atoms with Crippen LogP contribution < -0.4 is 0 Å². The van der Waals surface area contributed by atoms with Gasteiger partial charge in [0.2, 0.25) is 0 Å². The Labute approximate surface area is 55.1 Å². The lowest BCUT2D eigenvalue weighted by Gasteiger charge is -2.04. The molecule has 1 nitrogen and oxygen atoms in total. The fourth-order valence-corrected chi connectivity index (χ4v) is 3.21. The van der Waals surface area contributed by atoms with E-state index < -0.39 is 0 Å². The molecular weight excluding hydrogens is 112 g/mol. The van der Waals surface area contributed by atoms with E-state index in [2.05, 4.69) is 0 Å². The van der Waals surface area contributed by atoms with Gasteiger partial charge < -0.3 is 5.11 Å². The maximum Gasteiger partial charge on any atom is 0.0688 e. The highest BCUT2D eigenvalue weighted by Gasteiger charge is 2.86. The number of hydrogen-bond acceptors (Lipinski definition) is 1. The van der Waals surface area contributed by atoms with Crippen LogP contribution in [0.2, 0.25) is 0 Å². The second-order valence-corrected chi connectivity index (χ2v) is 4.28. The molecule has 1 heteroatoms. The first kappa shape index (κ1) is 4.73. The Kier molecular flexibility index (Phi) is 0.461. The van der Waals surface area contributed by atoms with Crippen molar-refractivity contribution in [3.8, 4) is 0 Å². The standard InChI is InChI=1S/C8H12O/c1-7(9)4-8(7)5-2-3-6(5)8/h5-6,9H,2-4H2,1H3. The van der Waals surface area contributed by atoms with E-state index in [0.29, 0.717) is 5.41 Å². The Hall–Kier alpha value is -0.0400. The smallest absolute Gasteiger partial charge is 0.0688 e. The van der Waals surface area contributed by atoms with Crippen LogP contribution in [0.3, 0.4) is 0 Å². The highest BCUT2D eigenvalue weighted by Crippen LogP contribution is 2.87. The SMILES string of the molecule is CC1(O)CC12C1CCC12. The predicted octanol–water partition coefficient (Wildman–Crippen LogP) is 1.17. The van der Waals surface area contributed by atoms with Crippen LogP contribution in [0.25, 0.3) is 0 Å². The van der Waals surface area contributed by atoms with Crippen LogP contribution in [0.4, 0.5) is 0 Å². The summed E-state index contributed by atoms with van der Waals surface area (Å²) < 4.78 is 0. The zero-order valence-electron chi connectivity index (χ0n) is 5.72. The van der Waals surface area contributed by atoms with Gasteiger partial charge in [0.05, 0.1) is 5.60 Å². The molecule has 0 bridgehead atoms. The van der Waals surface area contributed by atoms with Gasteiger partial charge >= 0.3 is 0 Å². The van der Waals surface area contributed by atoms with Gasteiger partial charge in [-0.1, -0.05) is 0 Å². The second kappa shape index (κ2) is 0.878.